The SMILES string of the molecule is C=C1[C@@H](COS(=O)(=O)c2ccc(C)cc2)C[C@H]2C[C@H]1C2(C)C. The second-order valence-corrected chi connectivity index (χ2v) is 8.98. The third-order valence-corrected chi connectivity index (χ3v) is 7.04. The molecule has 4 rings (SSSR count). The number of benzene rings is 1. The molecule has 3 saturated carbocycles. The van der Waals surface area contributed by atoms with E-state index in [9.17, 15) is 8.42 Å². The van der Waals surface area contributed by atoms with Gasteiger partial charge in [0.25, 0.3) is 10.1 Å². The molecule has 0 spiro atoms. The van der Waals surface area contributed by atoms with Gasteiger partial charge in [-0.1, -0.05) is 43.7 Å². The lowest BCUT2D eigenvalue weighted by molar-refractivity contribution is -0.0526. The molecule has 0 radical (unpaired) electrons. The maximum Gasteiger partial charge on any atom is 0.296 e. The van der Waals surface area contributed by atoms with Gasteiger partial charge in [-0.2, -0.15) is 8.42 Å². The second-order valence-electron chi connectivity index (χ2n) is 7.37. The molecular formula is C18H24O3S. The summed E-state index contributed by atoms with van der Waals surface area (Å²) in [4.78, 5) is 0.227. The molecule has 3 aliphatic carbocycles. The van der Waals surface area contributed by atoms with E-state index in [2.05, 4.69) is 20.4 Å². The van der Waals surface area contributed by atoms with Crippen molar-refractivity contribution in [3.63, 3.8) is 0 Å². The lowest BCUT2D eigenvalue weighted by Crippen LogP contribution is -2.52. The van der Waals surface area contributed by atoms with E-state index in [1.165, 1.54) is 12.0 Å². The van der Waals surface area contributed by atoms with Crippen LogP contribution in [0.2, 0.25) is 0 Å². The van der Waals surface area contributed by atoms with Gasteiger partial charge in [0, 0.05) is 5.92 Å². The quantitative estimate of drug-likeness (QED) is 0.623. The summed E-state index contributed by atoms with van der Waals surface area (Å²) in [7, 11) is -3.67. The van der Waals surface area contributed by atoms with E-state index in [0.29, 0.717) is 17.3 Å². The second kappa shape index (κ2) is 5.20. The van der Waals surface area contributed by atoms with Crippen molar-refractivity contribution in [2.45, 2.75) is 38.5 Å². The Morgan fingerprint density at radius 1 is 1.23 bits per heavy atom. The van der Waals surface area contributed by atoms with Crippen LogP contribution in [0, 0.1) is 30.1 Å². The lowest BCUT2D eigenvalue weighted by Gasteiger charge is -2.60. The van der Waals surface area contributed by atoms with Gasteiger partial charge < -0.3 is 0 Å². The van der Waals surface area contributed by atoms with Gasteiger partial charge >= 0.3 is 0 Å². The number of rotatable bonds is 4. The van der Waals surface area contributed by atoms with Crippen LogP contribution in [0.4, 0.5) is 0 Å². The van der Waals surface area contributed by atoms with Crippen molar-refractivity contribution in [1.82, 2.24) is 0 Å². The summed E-state index contributed by atoms with van der Waals surface area (Å²) in [5.41, 5.74) is 2.53. The van der Waals surface area contributed by atoms with Crippen LogP contribution < -0.4 is 0 Å². The highest BCUT2D eigenvalue weighted by molar-refractivity contribution is 7.86. The highest BCUT2D eigenvalue weighted by Crippen LogP contribution is 2.62. The molecule has 0 heterocycles. The molecule has 2 bridgehead atoms. The third kappa shape index (κ3) is 2.52. The fraction of sp³-hybridized carbons (Fsp3) is 0.556. The summed E-state index contributed by atoms with van der Waals surface area (Å²) in [6.45, 7) is 10.9. The molecule has 0 unspecified atom stereocenters. The van der Waals surface area contributed by atoms with Crippen molar-refractivity contribution in [1.29, 1.82) is 0 Å². The zero-order chi connectivity index (χ0) is 16.1. The monoisotopic (exact) mass is 320 g/mol. The van der Waals surface area contributed by atoms with Crippen molar-refractivity contribution >= 4 is 10.1 Å². The zero-order valence-electron chi connectivity index (χ0n) is 13.5. The Kier molecular flexibility index (Phi) is 3.73. The van der Waals surface area contributed by atoms with E-state index in [-0.39, 0.29) is 17.4 Å². The average Bonchev–Trinajstić information content (AvgIpc) is 2.46. The third-order valence-electron chi connectivity index (χ3n) is 5.75. The van der Waals surface area contributed by atoms with E-state index in [0.717, 1.165) is 12.0 Å². The van der Waals surface area contributed by atoms with E-state index >= 15 is 0 Å². The van der Waals surface area contributed by atoms with Crippen LogP contribution in [0.5, 0.6) is 0 Å². The van der Waals surface area contributed by atoms with Gasteiger partial charge in [-0.05, 0) is 49.1 Å². The molecule has 0 amide bonds. The molecule has 3 atom stereocenters. The van der Waals surface area contributed by atoms with E-state index < -0.39 is 10.1 Å². The van der Waals surface area contributed by atoms with Crippen molar-refractivity contribution in [2.24, 2.45) is 23.2 Å². The molecule has 1 aromatic rings. The van der Waals surface area contributed by atoms with Gasteiger partial charge in [0.2, 0.25) is 0 Å². The Hall–Kier alpha value is -1.13. The fourth-order valence-corrected chi connectivity index (χ4v) is 4.89. The highest BCUT2D eigenvalue weighted by Gasteiger charge is 2.54. The van der Waals surface area contributed by atoms with E-state index in [1.54, 1.807) is 24.3 Å². The molecule has 0 aromatic heterocycles. The van der Waals surface area contributed by atoms with Gasteiger partial charge in [-0.25, -0.2) is 0 Å². The zero-order valence-corrected chi connectivity index (χ0v) is 14.3. The molecule has 0 saturated heterocycles. The minimum atomic E-state index is -3.67. The van der Waals surface area contributed by atoms with Gasteiger partial charge in [0.1, 0.15) is 0 Å². The molecule has 3 fully saturated rings. The molecule has 22 heavy (non-hydrogen) atoms. The number of aryl methyl sites for hydroxylation is 1. The Morgan fingerprint density at radius 3 is 2.41 bits per heavy atom. The first-order valence-electron chi connectivity index (χ1n) is 7.86. The largest absolute Gasteiger partial charge is 0.296 e. The topological polar surface area (TPSA) is 43.4 Å². The minimum absolute atomic E-state index is 0.164. The Morgan fingerprint density at radius 2 is 1.86 bits per heavy atom. The van der Waals surface area contributed by atoms with Crippen molar-refractivity contribution in [3.8, 4) is 0 Å². The molecule has 120 valence electrons. The van der Waals surface area contributed by atoms with Crippen molar-refractivity contribution in [2.75, 3.05) is 6.61 Å². The first-order chi connectivity index (χ1) is 10.2. The summed E-state index contributed by atoms with van der Waals surface area (Å²) < 4.78 is 29.8. The number of fused-ring (bicyclic) bond motifs is 2. The van der Waals surface area contributed by atoms with Gasteiger partial charge in [-0.15, -0.1) is 0 Å². The maximum absolute atomic E-state index is 12.3. The van der Waals surface area contributed by atoms with Crippen molar-refractivity contribution < 1.29 is 12.6 Å². The maximum atomic E-state index is 12.3. The van der Waals surface area contributed by atoms with Crippen LogP contribution in [0.15, 0.2) is 41.3 Å². The van der Waals surface area contributed by atoms with Gasteiger partial charge in [-0.3, -0.25) is 4.18 Å². The molecule has 0 N–H and O–H groups in total. The Labute approximate surface area is 133 Å². The summed E-state index contributed by atoms with van der Waals surface area (Å²) in [5.74, 6) is 1.35. The van der Waals surface area contributed by atoms with Crippen LogP contribution in [0.25, 0.3) is 0 Å². The fourth-order valence-electron chi connectivity index (χ4n) is 3.94. The Balaban J connectivity index is 1.66. The predicted molar refractivity (Wildman–Crippen MR) is 86.9 cm³/mol. The van der Waals surface area contributed by atoms with Gasteiger partial charge in [0.05, 0.1) is 11.5 Å². The summed E-state index contributed by atoms with van der Waals surface area (Å²) >= 11 is 0. The molecular weight excluding hydrogens is 296 g/mol. The number of hydrogen-bond donors (Lipinski definition) is 0. The summed E-state index contributed by atoms with van der Waals surface area (Å²) in [5, 5.41) is 0. The Bertz CT molecular complexity index is 686. The van der Waals surface area contributed by atoms with Crippen LogP contribution >= 0.6 is 0 Å². The lowest BCUT2D eigenvalue weighted by atomic mass is 9.45. The smallest absolute Gasteiger partial charge is 0.266 e. The first-order valence-corrected chi connectivity index (χ1v) is 9.27. The summed E-state index contributed by atoms with van der Waals surface area (Å²) in [6, 6.07) is 6.77. The van der Waals surface area contributed by atoms with Crippen LogP contribution in [0.1, 0.15) is 32.3 Å². The molecule has 3 nitrogen and oxygen atoms in total. The molecule has 3 aliphatic rings. The van der Waals surface area contributed by atoms with E-state index in [4.69, 9.17) is 4.18 Å². The normalized spacial score (nSPS) is 30.0. The standard InChI is InChI=1S/C18H24O3S/c1-12-5-7-16(8-6-12)22(19,20)21-11-14-9-15-10-17(13(14)2)18(15,3)4/h5-8,14-15,17H,2,9-11H2,1,3-4H3/t14-,15+,17-/m1/s1. The molecule has 0 aliphatic heterocycles. The summed E-state index contributed by atoms with van der Waals surface area (Å²) in [6.07, 6.45) is 2.19. The minimum Gasteiger partial charge on any atom is -0.266 e. The highest BCUT2D eigenvalue weighted by atomic mass is 32.2. The van der Waals surface area contributed by atoms with Crippen LogP contribution in [0.3, 0.4) is 0 Å². The first kappa shape index (κ1) is 15.8. The van der Waals surface area contributed by atoms with Gasteiger partial charge in [0.15, 0.2) is 0 Å². The van der Waals surface area contributed by atoms with Crippen LogP contribution in [-0.2, 0) is 14.3 Å². The predicted octanol–water partition coefficient (Wildman–Crippen LogP) is 3.94. The molecule has 1 aromatic carbocycles. The molecule has 4 heteroatoms. The number of hydrogen-bond acceptors (Lipinski definition) is 3. The van der Waals surface area contributed by atoms with Crippen LogP contribution in [-0.4, -0.2) is 15.0 Å². The van der Waals surface area contributed by atoms with Crippen molar-refractivity contribution in [3.05, 3.63) is 42.0 Å². The van der Waals surface area contributed by atoms with E-state index in [1.807, 2.05) is 6.92 Å². The average molecular weight is 320 g/mol.